The van der Waals surface area contributed by atoms with Crippen LogP contribution < -0.4 is 0 Å². The van der Waals surface area contributed by atoms with Crippen molar-refractivity contribution in [1.29, 1.82) is 0 Å². The Kier molecular flexibility index (Phi) is 8.44. The molecule has 0 amide bonds. The zero-order valence-electron chi connectivity index (χ0n) is 10.7. The van der Waals surface area contributed by atoms with Gasteiger partial charge in [-0.15, -0.1) is 0 Å². The number of esters is 1. The summed E-state index contributed by atoms with van der Waals surface area (Å²) >= 11 is 0. The van der Waals surface area contributed by atoms with Gasteiger partial charge < -0.3 is 4.74 Å². The van der Waals surface area contributed by atoms with E-state index in [4.69, 9.17) is 4.74 Å². The van der Waals surface area contributed by atoms with Crippen LogP contribution in [0.3, 0.4) is 0 Å². The Morgan fingerprint density at radius 2 is 1.80 bits per heavy atom. The number of carbonyl (C=O) groups excluding carboxylic acids is 1. The molecule has 0 saturated carbocycles. The van der Waals surface area contributed by atoms with Crippen LogP contribution in [0.1, 0.15) is 59.8 Å². The fourth-order valence-corrected chi connectivity index (χ4v) is 1.52. The van der Waals surface area contributed by atoms with Gasteiger partial charge in [-0.1, -0.05) is 40.5 Å². The summed E-state index contributed by atoms with van der Waals surface area (Å²) in [6.07, 6.45) is 5.37. The van der Waals surface area contributed by atoms with Crippen molar-refractivity contribution in [2.24, 2.45) is 11.8 Å². The van der Waals surface area contributed by atoms with Crippen molar-refractivity contribution < 1.29 is 9.53 Å². The standard InChI is InChI=1S/C13H26O2/c1-5-8-12(4)13(14)15-10-7-6-9-11(2)3/h11-12H,5-10H2,1-4H3. The zero-order valence-corrected chi connectivity index (χ0v) is 10.7. The van der Waals surface area contributed by atoms with E-state index in [2.05, 4.69) is 20.8 Å². The van der Waals surface area contributed by atoms with Crippen molar-refractivity contribution in [1.82, 2.24) is 0 Å². The number of ether oxygens (including phenoxy) is 1. The normalized spacial score (nSPS) is 12.9. The number of rotatable bonds is 8. The van der Waals surface area contributed by atoms with E-state index < -0.39 is 0 Å². The van der Waals surface area contributed by atoms with Crippen LogP contribution in [0.15, 0.2) is 0 Å². The lowest BCUT2D eigenvalue weighted by molar-refractivity contribution is -0.148. The lowest BCUT2D eigenvalue weighted by Crippen LogP contribution is -2.15. The maximum Gasteiger partial charge on any atom is 0.308 e. The van der Waals surface area contributed by atoms with Gasteiger partial charge in [-0.3, -0.25) is 4.79 Å². The van der Waals surface area contributed by atoms with Crippen LogP contribution in [0.4, 0.5) is 0 Å². The first kappa shape index (κ1) is 14.5. The number of hydrogen-bond acceptors (Lipinski definition) is 2. The molecule has 0 radical (unpaired) electrons. The molecule has 0 spiro atoms. The molecule has 1 atom stereocenters. The quantitative estimate of drug-likeness (QED) is 0.454. The third kappa shape index (κ3) is 8.46. The van der Waals surface area contributed by atoms with E-state index in [9.17, 15) is 4.79 Å². The van der Waals surface area contributed by atoms with E-state index in [-0.39, 0.29) is 11.9 Å². The monoisotopic (exact) mass is 214 g/mol. The van der Waals surface area contributed by atoms with E-state index in [1.165, 1.54) is 6.42 Å². The molecule has 0 aromatic carbocycles. The second-order valence-corrected chi connectivity index (χ2v) is 4.75. The maximum atomic E-state index is 11.4. The van der Waals surface area contributed by atoms with Crippen molar-refractivity contribution in [3.8, 4) is 0 Å². The SMILES string of the molecule is CCCC(C)C(=O)OCCCCC(C)C. The van der Waals surface area contributed by atoms with Crippen LogP contribution in [0.25, 0.3) is 0 Å². The van der Waals surface area contributed by atoms with Crippen LogP contribution in [0.2, 0.25) is 0 Å². The predicted octanol–water partition coefficient (Wildman–Crippen LogP) is 3.79. The minimum absolute atomic E-state index is 0.0265. The first-order valence-corrected chi connectivity index (χ1v) is 6.24. The molecular formula is C13H26O2. The zero-order chi connectivity index (χ0) is 11.7. The Balaban J connectivity index is 3.38. The molecule has 0 rings (SSSR count). The van der Waals surface area contributed by atoms with E-state index >= 15 is 0 Å². The van der Waals surface area contributed by atoms with Gasteiger partial charge in [0.25, 0.3) is 0 Å². The van der Waals surface area contributed by atoms with Crippen LogP contribution in [-0.2, 0) is 9.53 Å². The highest BCUT2D eigenvalue weighted by Crippen LogP contribution is 2.09. The van der Waals surface area contributed by atoms with Crippen molar-refractivity contribution in [2.45, 2.75) is 59.8 Å². The summed E-state index contributed by atoms with van der Waals surface area (Å²) in [4.78, 5) is 11.4. The Bertz CT molecular complexity index is 164. The summed E-state index contributed by atoms with van der Waals surface area (Å²) in [6.45, 7) is 9.07. The molecule has 90 valence electrons. The van der Waals surface area contributed by atoms with Crippen molar-refractivity contribution >= 4 is 5.97 Å². The van der Waals surface area contributed by atoms with Gasteiger partial charge in [0.05, 0.1) is 12.5 Å². The van der Waals surface area contributed by atoms with Crippen LogP contribution in [0.5, 0.6) is 0 Å². The van der Waals surface area contributed by atoms with Gasteiger partial charge in [0, 0.05) is 0 Å². The summed E-state index contributed by atoms with van der Waals surface area (Å²) in [5.74, 6) is 0.793. The Hall–Kier alpha value is -0.530. The molecule has 0 heterocycles. The highest BCUT2D eigenvalue weighted by molar-refractivity contribution is 5.71. The number of hydrogen-bond donors (Lipinski definition) is 0. The Morgan fingerprint density at radius 3 is 2.33 bits per heavy atom. The average molecular weight is 214 g/mol. The lowest BCUT2D eigenvalue weighted by atomic mass is 10.1. The second kappa shape index (κ2) is 8.75. The predicted molar refractivity (Wildman–Crippen MR) is 63.7 cm³/mol. The van der Waals surface area contributed by atoms with E-state index in [0.29, 0.717) is 6.61 Å². The summed E-state index contributed by atoms with van der Waals surface area (Å²) in [5.41, 5.74) is 0. The number of carbonyl (C=O) groups is 1. The first-order valence-electron chi connectivity index (χ1n) is 6.24. The summed E-state index contributed by atoms with van der Waals surface area (Å²) in [7, 11) is 0. The van der Waals surface area contributed by atoms with E-state index in [1.807, 2.05) is 6.92 Å². The van der Waals surface area contributed by atoms with Gasteiger partial charge in [0.15, 0.2) is 0 Å². The van der Waals surface area contributed by atoms with Crippen LogP contribution in [-0.4, -0.2) is 12.6 Å². The molecule has 0 saturated heterocycles. The molecule has 0 N–H and O–H groups in total. The third-order valence-electron chi connectivity index (χ3n) is 2.54. The molecule has 0 aromatic rings. The van der Waals surface area contributed by atoms with Crippen LogP contribution in [0, 0.1) is 11.8 Å². The fraction of sp³-hybridized carbons (Fsp3) is 0.923. The largest absolute Gasteiger partial charge is 0.465 e. The van der Waals surface area contributed by atoms with Gasteiger partial charge in [0.1, 0.15) is 0 Å². The average Bonchev–Trinajstić information content (AvgIpc) is 2.16. The first-order chi connectivity index (χ1) is 7.07. The summed E-state index contributed by atoms with van der Waals surface area (Å²) < 4.78 is 5.20. The van der Waals surface area contributed by atoms with Crippen molar-refractivity contribution in [3.63, 3.8) is 0 Å². The molecule has 0 bridgehead atoms. The molecule has 2 heteroatoms. The highest BCUT2D eigenvalue weighted by atomic mass is 16.5. The van der Waals surface area contributed by atoms with Gasteiger partial charge in [-0.2, -0.15) is 0 Å². The summed E-state index contributed by atoms with van der Waals surface area (Å²) in [5, 5.41) is 0. The van der Waals surface area contributed by atoms with Crippen LogP contribution >= 0.6 is 0 Å². The van der Waals surface area contributed by atoms with E-state index in [1.54, 1.807) is 0 Å². The van der Waals surface area contributed by atoms with Crippen molar-refractivity contribution in [2.75, 3.05) is 6.61 Å². The second-order valence-electron chi connectivity index (χ2n) is 4.75. The molecule has 0 aliphatic heterocycles. The van der Waals surface area contributed by atoms with Gasteiger partial charge in [-0.25, -0.2) is 0 Å². The highest BCUT2D eigenvalue weighted by Gasteiger charge is 2.12. The molecule has 0 aliphatic rings. The minimum Gasteiger partial charge on any atom is -0.465 e. The third-order valence-corrected chi connectivity index (χ3v) is 2.54. The minimum atomic E-state index is -0.0265. The van der Waals surface area contributed by atoms with Crippen molar-refractivity contribution in [3.05, 3.63) is 0 Å². The molecule has 0 fully saturated rings. The molecule has 0 aliphatic carbocycles. The van der Waals surface area contributed by atoms with E-state index in [0.717, 1.165) is 31.6 Å². The fourth-order valence-electron chi connectivity index (χ4n) is 1.52. The lowest BCUT2D eigenvalue weighted by Gasteiger charge is -2.10. The molecule has 15 heavy (non-hydrogen) atoms. The van der Waals surface area contributed by atoms with Gasteiger partial charge in [0.2, 0.25) is 0 Å². The maximum absolute atomic E-state index is 11.4. The molecule has 1 unspecified atom stereocenters. The molecule has 0 aromatic heterocycles. The van der Waals surface area contributed by atoms with Gasteiger partial charge in [-0.05, 0) is 25.2 Å². The Labute approximate surface area is 94.4 Å². The number of unbranched alkanes of at least 4 members (excludes halogenated alkanes) is 1. The Morgan fingerprint density at radius 1 is 1.13 bits per heavy atom. The smallest absolute Gasteiger partial charge is 0.308 e. The summed E-state index contributed by atoms with van der Waals surface area (Å²) in [6, 6.07) is 0. The molecule has 2 nitrogen and oxygen atoms in total. The molecular weight excluding hydrogens is 188 g/mol. The topological polar surface area (TPSA) is 26.3 Å². The van der Waals surface area contributed by atoms with Gasteiger partial charge >= 0.3 is 5.97 Å².